The molecule has 0 unspecified atom stereocenters. The molecule has 1 heterocycles. The van der Waals surface area contributed by atoms with Crippen molar-refractivity contribution in [2.45, 2.75) is 26.8 Å². The third kappa shape index (κ3) is 8.69. The molecule has 176 valence electrons. The molecule has 0 atom stereocenters. The lowest BCUT2D eigenvalue weighted by atomic mass is 10.3. The summed E-state index contributed by atoms with van der Waals surface area (Å²) in [5, 5.41) is 27.3. The van der Waals surface area contributed by atoms with Crippen molar-refractivity contribution >= 4 is 52.6 Å². The summed E-state index contributed by atoms with van der Waals surface area (Å²) >= 11 is 12.0. The minimum absolute atomic E-state index is 0.126. The van der Waals surface area contributed by atoms with Crippen LogP contribution in [0.25, 0.3) is 0 Å². The van der Waals surface area contributed by atoms with Gasteiger partial charge in [0.25, 0.3) is 0 Å². The summed E-state index contributed by atoms with van der Waals surface area (Å²) in [4.78, 5) is 34.0. The fourth-order valence-corrected chi connectivity index (χ4v) is 2.75. The molecule has 0 aliphatic rings. The predicted octanol–water partition coefficient (Wildman–Crippen LogP) is 3.00. The first-order valence-corrected chi connectivity index (χ1v) is 10.3. The number of halogens is 2. The van der Waals surface area contributed by atoms with E-state index in [1.165, 1.54) is 11.9 Å². The third-order valence-corrected chi connectivity index (χ3v) is 4.87. The number of aromatic nitrogens is 3. The maximum absolute atomic E-state index is 12.0. The number of carbonyl (C=O) groups excluding carboxylic acids is 1. The number of nitrogens with zero attached hydrogens (tertiary/aromatic N) is 4. The summed E-state index contributed by atoms with van der Waals surface area (Å²) in [5.41, 5.74) is 0.779. The van der Waals surface area contributed by atoms with Crippen LogP contribution in [-0.2, 0) is 20.9 Å². The zero-order valence-corrected chi connectivity index (χ0v) is 19.4. The summed E-state index contributed by atoms with van der Waals surface area (Å²) in [6.07, 6.45) is 0.878. The van der Waals surface area contributed by atoms with E-state index in [2.05, 4.69) is 34.3 Å². The molecule has 0 saturated heterocycles. The molecule has 13 heteroatoms. The zero-order valence-electron chi connectivity index (χ0n) is 17.8. The van der Waals surface area contributed by atoms with Gasteiger partial charge in [0.15, 0.2) is 5.82 Å². The van der Waals surface area contributed by atoms with Gasteiger partial charge in [0, 0.05) is 5.69 Å². The van der Waals surface area contributed by atoms with Crippen molar-refractivity contribution in [1.29, 1.82) is 0 Å². The Kier molecular flexibility index (Phi) is 11.5. The number of aliphatic carboxylic acids is 2. The molecule has 0 aliphatic carbocycles. The van der Waals surface area contributed by atoms with E-state index in [1.807, 2.05) is 0 Å². The van der Waals surface area contributed by atoms with Gasteiger partial charge in [-0.05, 0) is 44.3 Å². The molecule has 0 radical (unpaired) electrons. The zero-order chi connectivity index (χ0) is 24.3. The van der Waals surface area contributed by atoms with Gasteiger partial charge in [-0.1, -0.05) is 37.0 Å². The van der Waals surface area contributed by atoms with Crippen LogP contribution in [0.3, 0.4) is 0 Å². The number of hydrogen-bond acceptors (Lipinski definition) is 8. The number of benzene rings is 1. The molecule has 0 spiro atoms. The first kappa shape index (κ1) is 27.1. The standard InChI is InChI=1S/C17H23Cl2N5O2.C2H2O4/c1-4-23(5-2)9-6-10-24-21-15(17(25)26-3)16(22-24)20-12-7-8-13(18)14(19)11-12;3-1(4)2(5)6/h7-8,11H,4-6,9-10H2,1-3H3,(H,20,22);(H,3,4)(H,5,6). The van der Waals surface area contributed by atoms with Gasteiger partial charge in [-0.15, -0.1) is 10.2 Å². The largest absolute Gasteiger partial charge is 0.473 e. The number of rotatable bonds is 9. The molecule has 0 bridgehead atoms. The highest BCUT2D eigenvalue weighted by molar-refractivity contribution is 6.42. The topological polar surface area (TPSA) is 147 Å². The highest BCUT2D eigenvalue weighted by Gasteiger charge is 2.20. The van der Waals surface area contributed by atoms with Crippen molar-refractivity contribution in [2.75, 3.05) is 32.1 Å². The molecule has 2 aromatic rings. The van der Waals surface area contributed by atoms with Crippen molar-refractivity contribution in [3.8, 4) is 0 Å². The van der Waals surface area contributed by atoms with Crippen LogP contribution >= 0.6 is 23.2 Å². The summed E-state index contributed by atoms with van der Waals surface area (Å²) in [6, 6.07) is 5.07. The Morgan fingerprint density at radius 1 is 1.09 bits per heavy atom. The second kappa shape index (κ2) is 13.5. The lowest BCUT2D eigenvalue weighted by molar-refractivity contribution is -0.159. The van der Waals surface area contributed by atoms with Crippen molar-refractivity contribution in [3.05, 3.63) is 33.9 Å². The number of carboxylic acid groups (broad SMARTS) is 2. The van der Waals surface area contributed by atoms with E-state index in [-0.39, 0.29) is 5.69 Å². The van der Waals surface area contributed by atoms with Crippen molar-refractivity contribution in [1.82, 2.24) is 19.9 Å². The van der Waals surface area contributed by atoms with Crippen LogP contribution < -0.4 is 5.32 Å². The van der Waals surface area contributed by atoms with Gasteiger partial charge in [0.2, 0.25) is 5.69 Å². The Hall–Kier alpha value is -2.89. The van der Waals surface area contributed by atoms with Gasteiger partial charge < -0.3 is 25.2 Å². The van der Waals surface area contributed by atoms with Crippen LogP contribution in [0.4, 0.5) is 11.5 Å². The number of hydrogen-bond donors (Lipinski definition) is 3. The van der Waals surface area contributed by atoms with Gasteiger partial charge >= 0.3 is 17.9 Å². The highest BCUT2D eigenvalue weighted by atomic mass is 35.5. The SMILES string of the molecule is CCN(CC)CCCn1nc(Nc2ccc(Cl)c(Cl)c2)c(C(=O)OC)n1.O=C(O)C(=O)O. The number of carbonyl (C=O) groups is 3. The Morgan fingerprint density at radius 2 is 1.72 bits per heavy atom. The van der Waals surface area contributed by atoms with E-state index < -0.39 is 17.9 Å². The van der Waals surface area contributed by atoms with Gasteiger partial charge in [-0.2, -0.15) is 4.80 Å². The fourth-order valence-electron chi connectivity index (χ4n) is 2.45. The number of anilines is 2. The number of aryl methyl sites for hydroxylation is 1. The van der Waals surface area contributed by atoms with Crippen LogP contribution in [0.1, 0.15) is 30.8 Å². The van der Waals surface area contributed by atoms with Gasteiger partial charge in [-0.3, -0.25) is 0 Å². The molecule has 0 aliphatic heterocycles. The van der Waals surface area contributed by atoms with Crippen molar-refractivity contribution in [3.63, 3.8) is 0 Å². The summed E-state index contributed by atoms with van der Waals surface area (Å²) in [6.45, 7) is 7.80. The molecule has 0 saturated carbocycles. The van der Waals surface area contributed by atoms with Crippen LogP contribution in [-0.4, -0.2) is 74.8 Å². The maximum Gasteiger partial charge on any atom is 0.414 e. The smallest absolute Gasteiger partial charge is 0.414 e. The lowest BCUT2D eigenvalue weighted by Gasteiger charge is -2.17. The first-order chi connectivity index (χ1) is 15.1. The molecule has 32 heavy (non-hydrogen) atoms. The van der Waals surface area contributed by atoms with Crippen LogP contribution in [0.15, 0.2) is 18.2 Å². The van der Waals surface area contributed by atoms with Crippen molar-refractivity contribution < 1.29 is 29.3 Å². The normalized spacial score (nSPS) is 10.3. The first-order valence-electron chi connectivity index (χ1n) is 9.56. The second-order valence-electron chi connectivity index (χ2n) is 6.23. The van der Waals surface area contributed by atoms with E-state index in [4.69, 9.17) is 47.7 Å². The molecule has 1 aromatic carbocycles. The Labute approximate surface area is 194 Å². The molecule has 11 nitrogen and oxygen atoms in total. The van der Waals surface area contributed by atoms with Crippen molar-refractivity contribution in [2.24, 2.45) is 0 Å². The fraction of sp³-hybridized carbons (Fsp3) is 0.421. The van der Waals surface area contributed by atoms with Crippen LogP contribution in [0, 0.1) is 0 Å². The molecule has 3 N–H and O–H groups in total. The van der Waals surface area contributed by atoms with Crippen LogP contribution in [0.2, 0.25) is 10.0 Å². The molecule has 0 fully saturated rings. The average Bonchev–Trinajstić information content (AvgIpc) is 3.16. The van der Waals surface area contributed by atoms with E-state index in [0.717, 1.165) is 26.1 Å². The Bertz CT molecular complexity index is 921. The molecule has 0 amide bonds. The molecular formula is C19H25Cl2N5O6. The second-order valence-corrected chi connectivity index (χ2v) is 7.04. The lowest BCUT2D eigenvalue weighted by Crippen LogP contribution is -2.25. The van der Waals surface area contributed by atoms with E-state index in [9.17, 15) is 4.79 Å². The number of nitrogens with one attached hydrogen (secondary N) is 1. The summed E-state index contributed by atoms with van der Waals surface area (Å²) < 4.78 is 4.80. The van der Waals surface area contributed by atoms with Gasteiger partial charge in [0.1, 0.15) is 0 Å². The van der Waals surface area contributed by atoms with E-state index in [0.29, 0.717) is 28.1 Å². The summed E-state index contributed by atoms with van der Waals surface area (Å²) in [5.74, 6) is -3.88. The number of carboxylic acids is 2. The minimum Gasteiger partial charge on any atom is -0.473 e. The highest BCUT2D eigenvalue weighted by Crippen LogP contribution is 2.27. The maximum atomic E-state index is 12.0. The molecule has 2 rings (SSSR count). The van der Waals surface area contributed by atoms with Gasteiger partial charge in [-0.25, -0.2) is 14.4 Å². The average molecular weight is 490 g/mol. The Balaban J connectivity index is 0.000000751. The van der Waals surface area contributed by atoms with Crippen LogP contribution in [0.5, 0.6) is 0 Å². The monoisotopic (exact) mass is 489 g/mol. The number of esters is 1. The summed E-state index contributed by atoms with van der Waals surface area (Å²) in [7, 11) is 1.31. The predicted molar refractivity (Wildman–Crippen MR) is 119 cm³/mol. The third-order valence-electron chi connectivity index (χ3n) is 4.13. The van der Waals surface area contributed by atoms with E-state index >= 15 is 0 Å². The Morgan fingerprint density at radius 3 is 2.22 bits per heavy atom. The minimum atomic E-state index is -1.82. The van der Waals surface area contributed by atoms with Gasteiger partial charge in [0.05, 0.1) is 23.7 Å². The number of ether oxygens (including phenoxy) is 1. The quantitative estimate of drug-likeness (QED) is 0.354. The number of methoxy groups -OCH3 is 1. The molecule has 1 aromatic heterocycles. The van der Waals surface area contributed by atoms with E-state index in [1.54, 1.807) is 18.2 Å². The molecular weight excluding hydrogens is 465 g/mol.